The van der Waals surface area contributed by atoms with Crippen LogP contribution in [0.25, 0.3) is 32.7 Å². The van der Waals surface area contributed by atoms with Crippen LogP contribution in [0, 0.1) is 11.9 Å². The zero-order chi connectivity index (χ0) is 30.7. The molecule has 6 rings (SSSR count). The van der Waals surface area contributed by atoms with Gasteiger partial charge >= 0.3 is 0 Å². The molecule has 15 heteroatoms. The van der Waals surface area contributed by atoms with Crippen molar-refractivity contribution in [3.8, 4) is 0 Å². The Balaban J connectivity index is 0.000000209. The molecule has 43 heavy (non-hydrogen) atoms. The second kappa shape index (κ2) is 17.1. The van der Waals surface area contributed by atoms with E-state index in [0.717, 1.165) is 22.4 Å². The number of para-hydroxylation sites is 3. The Hall–Kier alpha value is -3.36. The van der Waals surface area contributed by atoms with Gasteiger partial charge in [-0.05, 0) is 54.6 Å². The molecule has 3 heterocycles. The lowest BCUT2D eigenvalue weighted by molar-refractivity contribution is 0.457. The van der Waals surface area contributed by atoms with Crippen molar-refractivity contribution >= 4 is 87.3 Å². The van der Waals surface area contributed by atoms with Crippen molar-refractivity contribution in [2.75, 3.05) is 0 Å². The van der Waals surface area contributed by atoms with Crippen molar-refractivity contribution in [2.24, 2.45) is 0 Å². The lowest BCUT2D eigenvalue weighted by Crippen LogP contribution is -1.95. The molecule has 1 atom stereocenters. The maximum absolute atomic E-state index is 12.9. The third-order valence-corrected chi connectivity index (χ3v) is 7.07. The molecule has 8 nitrogen and oxygen atoms in total. The van der Waals surface area contributed by atoms with Gasteiger partial charge in [0.15, 0.2) is 0 Å². The average molecular weight is 688 g/mol. The topological polar surface area (TPSA) is 122 Å². The van der Waals surface area contributed by atoms with Gasteiger partial charge < -0.3 is 4.55 Å². The van der Waals surface area contributed by atoms with Crippen LogP contribution in [0.15, 0.2) is 108 Å². The zero-order valence-corrected chi connectivity index (χ0v) is 24.8. The standard InChI is InChI=1S/C9H5ClFNO2S.C9H6ClN.C9H6FN.CH4.ClHO3S/c10-15(13,14)7-3-1-2-6-4-5-8(11)12-9(6)7;2*10-9-6-5-7-3-1-2-4-8(7)11-9;;1-4-5(2)3/h1-5H;2*1-6H;1H4;(H,2,3)/p-1. The molecule has 0 aliphatic rings. The fraction of sp³-hybridized carbons (Fsp3) is 0.0357. The van der Waals surface area contributed by atoms with Crippen LogP contribution in [0.4, 0.5) is 8.78 Å². The van der Waals surface area contributed by atoms with Crippen LogP contribution in [0.3, 0.4) is 0 Å². The highest BCUT2D eigenvalue weighted by atomic mass is 35.7. The fourth-order valence-electron chi connectivity index (χ4n) is 3.38. The summed E-state index contributed by atoms with van der Waals surface area (Å²) in [6.07, 6.45) is 0. The summed E-state index contributed by atoms with van der Waals surface area (Å²) in [5.41, 5.74) is 1.69. The SMILES string of the molecule is C.Clc1ccc2ccccc2n1.Fc1ccc2ccccc2n1.O=S(=O)(Cl)c1cccc2ccc(F)nc12.O=S([O-])OCl. The molecule has 0 aliphatic carbocycles. The van der Waals surface area contributed by atoms with Gasteiger partial charge in [0.05, 0.1) is 28.4 Å². The maximum Gasteiger partial charge on any atom is 0.263 e. The molecule has 3 aromatic heterocycles. The zero-order valence-electron chi connectivity index (χ0n) is 20.9. The lowest BCUT2D eigenvalue weighted by Gasteiger charge is -2.01. The summed E-state index contributed by atoms with van der Waals surface area (Å²) in [6, 6.07) is 29.2. The minimum atomic E-state index is -3.90. The van der Waals surface area contributed by atoms with Crippen LogP contribution >= 0.6 is 34.1 Å². The molecule has 6 aromatic rings. The summed E-state index contributed by atoms with van der Waals surface area (Å²) in [5.74, 6) is -1.17. The first-order valence-electron chi connectivity index (χ1n) is 11.4. The van der Waals surface area contributed by atoms with E-state index in [4.69, 9.17) is 31.0 Å². The summed E-state index contributed by atoms with van der Waals surface area (Å²) in [4.78, 5) is 11.2. The molecule has 0 N–H and O–H groups in total. The Labute approximate surface area is 263 Å². The quantitative estimate of drug-likeness (QED) is 0.102. The third kappa shape index (κ3) is 11.3. The first-order valence-corrected chi connectivity index (χ1v) is 15.4. The van der Waals surface area contributed by atoms with E-state index in [2.05, 4.69) is 30.6 Å². The van der Waals surface area contributed by atoms with Crippen LogP contribution in [-0.4, -0.2) is 32.1 Å². The Morgan fingerprint density at radius 3 is 1.72 bits per heavy atom. The van der Waals surface area contributed by atoms with Gasteiger partial charge in [0.2, 0.25) is 11.9 Å². The van der Waals surface area contributed by atoms with Crippen LogP contribution in [-0.2, 0) is 24.1 Å². The van der Waals surface area contributed by atoms with E-state index in [0.29, 0.717) is 16.1 Å². The fourth-order valence-corrected chi connectivity index (χ4v) is 4.54. The number of aromatic nitrogens is 3. The van der Waals surface area contributed by atoms with E-state index in [1.165, 1.54) is 24.3 Å². The third-order valence-electron chi connectivity index (χ3n) is 5.09. The van der Waals surface area contributed by atoms with E-state index >= 15 is 0 Å². The Morgan fingerprint density at radius 2 is 1.16 bits per heavy atom. The number of nitrogens with zero attached hydrogens (tertiary/aromatic N) is 3. The first kappa shape index (κ1) is 35.8. The van der Waals surface area contributed by atoms with Crippen molar-refractivity contribution in [2.45, 2.75) is 12.3 Å². The molecule has 0 aliphatic heterocycles. The number of rotatable bonds is 2. The Morgan fingerprint density at radius 1 is 0.698 bits per heavy atom. The summed E-state index contributed by atoms with van der Waals surface area (Å²) >= 11 is 7.37. The predicted molar refractivity (Wildman–Crippen MR) is 166 cm³/mol. The van der Waals surface area contributed by atoms with Gasteiger partial charge in [0.25, 0.3) is 9.05 Å². The van der Waals surface area contributed by atoms with Crippen molar-refractivity contribution in [1.82, 2.24) is 15.0 Å². The number of benzene rings is 3. The summed E-state index contributed by atoms with van der Waals surface area (Å²) in [7, 11) is 1.30. The molecule has 0 saturated heterocycles. The smallest absolute Gasteiger partial charge is 0.263 e. The second-order valence-electron chi connectivity index (χ2n) is 7.82. The lowest BCUT2D eigenvalue weighted by atomic mass is 10.2. The average Bonchev–Trinajstić information content (AvgIpc) is 2.97. The molecular formula is C28H21Cl3F2N3O5S2-. The number of hydrogen-bond donors (Lipinski definition) is 0. The van der Waals surface area contributed by atoms with Gasteiger partial charge in [0, 0.05) is 26.8 Å². The number of pyridine rings is 3. The molecule has 0 spiro atoms. The van der Waals surface area contributed by atoms with Gasteiger partial charge in [0.1, 0.15) is 21.4 Å². The highest BCUT2D eigenvalue weighted by Gasteiger charge is 2.15. The molecule has 0 bridgehead atoms. The second-order valence-corrected chi connectivity index (χ2v) is 11.7. The van der Waals surface area contributed by atoms with E-state index in [-0.39, 0.29) is 17.8 Å². The van der Waals surface area contributed by atoms with E-state index in [1.54, 1.807) is 24.3 Å². The van der Waals surface area contributed by atoms with Gasteiger partial charge in [-0.3, -0.25) is 0 Å². The predicted octanol–water partition coefficient (Wildman–Crippen LogP) is 8.15. The normalized spacial score (nSPS) is 11.1. The van der Waals surface area contributed by atoms with Crippen molar-refractivity contribution in [3.05, 3.63) is 120 Å². The van der Waals surface area contributed by atoms with E-state index in [1.807, 2.05) is 48.5 Å². The summed E-state index contributed by atoms with van der Waals surface area (Å²) in [6.45, 7) is 0. The van der Waals surface area contributed by atoms with E-state index in [9.17, 15) is 17.2 Å². The monoisotopic (exact) mass is 686 g/mol. The van der Waals surface area contributed by atoms with Crippen molar-refractivity contribution in [3.63, 3.8) is 0 Å². The van der Waals surface area contributed by atoms with Crippen LogP contribution < -0.4 is 0 Å². The summed E-state index contributed by atoms with van der Waals surface area (Å²) < 4.78 is 68.9. The highest BCUT2D eigenvalue weighted by Crippen LogP contribution is 2.24. The van der Waals surface area contributed by atoms with Gasteiger partial charge in [-0.1, -0.05) is 67.6 Å². The molecular weight excluding hydrogens is 667 g/mol. The molecule has 0 fully saturated rings. The van der Waals surface area contributed by atoms with Crippen LogP contribution in [0.1, 0.15) is 7.43 Å². The number of halogens is 5. The molecule has 1 unspecified atom stereocenters. The highest BCUT2D eigenvalue weighted by molar-refractivity contribution is 8.14. The van der Waals surface area contributed by atoms with Gasteiger partial charge in [-0.2, -0.15) is 12.5 Å². The Kier molecular flexibility index (Phi) is 14.2. The molecule has 0 radical (unpaired) electrons. The first-order chi connectivity index (χ1) is 20.0. The molecule has 3 aromatic carbocycles. The number of fused-ring (bicyclic) bond motifs is 3. The molecule has 0 saturated carbocycles. The molecule has 0 amide bonds. The van der Waals surface area contributed by atoms with Gasteiger partial charge in [-0.25, -0.2) is 27.6 Å². The van der Waals surface area contributed by atoms with Crippen molar-refractivity contribution < 1.29 is 29.7 Å². The minimum Gasteiger partial charge on any atom is -0.749 e. The van der Waals surface area contributed by atoms with Crippen LogP contribution in [0.5, 0.6) is 0 Å². The number of hydrogen-bond acceptors (Lipinski definition) is 8. The Bertz CT molecular complexity index is 1880. The van der Waals surface area contributed by atoms with Crippen LogP contribution in [0.2, 0.25) is 5.15 Å². The van der Waals surface area contributed by atoms with E-state index < -0.39 is 32.3 Å². The molecule has 226 valence electrons. The summed E-state index contributed by atoms with van der Waals surface area (Å²) in [5, 5.41) is 3.16. The van der Waals surface area contributed by atoms with Crippen molar-refractivity contribution in [1.29, 1.82) is 0 Å². The minimum absolute atomic E-state index is 0. The maximum atomic E-state index is 12.9. The largest absolute Gasteiger partial charge is 0.749 e. The van der Waals surface area contributed by atoms with Gasteiger partial charge in [-0.15, -0.1) is 0 Å².